The third-order valence-corrected chi connectivity index (χ3v) is 6.41. The molecule has 10 heteroatoms. The molecule has 0 aliphatic rings. The van der Waals surface area contributed by atoms with Gasteiger partial charge in [-0.3, -0.25) is 14.9 Å². The first kappa shape index (κ1) is 18.0. The Kier molecular flexibility index (Phi) is 5.32. The second kappa shape index (κ2) is 7.07. The van der Waals surface area contributed by atoms with E-state index < -0.39 is 27.4 Å². The molecule has 0 unspecified atom stereocenters. The third-order valence-electron chi connectivity index (χ3n) is 3.23. The van der Waals surface area contributed by atoms with E-state index in [1.165, 1.54) is 31.3 Å². The number of rotatable bonds is 6. The molecule has 1 aromatic carbocycles. The van der Waals surface area contributed by atoms with Crippen LogP contribution in [0.15, 0.2) is 39.9 Å². The van der Waals surface area contributed by atoms with Crippen LogP contribution in [0.1, 0.15) is 5.56 Å². The van der Waals surface area contributed by atoms with Crippen molar-refractivity contribution in [2.75, 3.05) is 18.9 Å². The summed E-state index contributed by atoms with van der Waals surface area (Å²) in [5, 5.41) is 14.9. The number of nitrogens with one attached hydrogen (secondary N) is 1. The number of nitro benzene ring substituents is 1. The number of sulfonamides is 1. The minimum Gasteiger partial charge on any atom is -0.324 e. The van der Waals surface area contributed by atoms with E-state index in [0.29, 0.717) is 5.56 Å². The van der Waals surface area contributed by atoms with Crippen LogP contribution < -0.4 is 5.32 Å². The van der Waals surface area contributed by atoms with Crippen LogP contribution in [0.2, 0.25) is 0 Å². The Morgan fingerprint density at radius 1 is 1.38 bits per heavy atom. The van der Waals surface area contributed by atoms with Gasteiger partial charge in [0.15, 0.2) is 0 Å². The van der Waals surface area contributed by atoms with E-state index in [4.69, 9.17) is 0 Å². The molecular formula is C14H15N3O5S2. The second-order valence-corrected chi connectivity index (χ2v) is 8.22. The van der Waals surface area contributed by atoms with Gasteiger partial charge in [-0.1, -0.05) is 12.1 Å². The van der Waals surface area contributed by atoms with Crippen molar-refractivity contribution in [3.05, 3.63) is 51.4 Å². The lowest BCUT2D eigenvalue weighted by atomic mass is 10.2. The van der Waals surface area contributed by atoms with E-state index in [1.807, 2.05) is 0 Å². The van der Waals surface area contributed by atoms with Gasteiger partial charge >= 0.3 is 0 Å². The number of hydrogen-bond donors (Lipinski definition) is 1. The van der Waals surface area contributed by atoms with Crippen LogP contribution in [-0.4, -0.2) is 37.1 Å². The normalized spacial score (nSPS) is 11.5. The van der Waals surface area contributed by atoms with E-state index in [0.717, 1.165) is 15.6 Å². The van der Waals surface area contributed by atoms with Crippen molar-refractivity contribution in [2.24, 2.45) is 0 Å². The second-order valence-electron chi connectivity index (χ2n) is 5.00. The van der Waals surface area contributed by atoms with Crippen molar-refractivity contribution < 1.29 is 18.1 Å². The summed E-state index contributed by atoms with van der Waals surface area (Å²) in [5.41, 5.74) is 0.754. The molecule has 0 spiro atoms. The summed E-state index contributed by atoms with van der Waals surface area (Å²) >= 11 is 1.06. The number of benzene rings is 1. The maximum atomic E-state index is 12.3. The van der Waals surface area contributed by atoms with E-state index in [2.05, 4.69) is 5.32 Å². The Labute approximate surface area is 142 Å². The quantitative estimate of drug-likeness (QED) is 0.620. The van der Waals surface area contributed by atoms with Gasteiger partial charge in [0.2, 0.25) is 5.91 Å². The van der Waals surface area contributed by atoms with Crippen molar-refractivity contribution in [2.45, 2.75) is 11.1 Å². The average molecular weight is 369 g/mol. The predicted octanol–water partition coefficient (Wildman–Crippen LogP) is 2.22. The molecule has 0 bridgehead atoms. The fraction of sp³-hybridized carbons (Fsp3) is 0.214. The summed E-state index contributed by atoms with van der Waals surface area (Å²) < 4.78 is 25.6. The summed E-state index contributed by atoms with van der Waals surface area (Å²) in [4.78, 5) is 22.3. The standard InChI is InChI=1S/C14H15N3O5S2/c1-10-5-6-11(17(19)20)8-12(10)15-13(18)9-16(2)24(21,22)14-4-3-7-23-14/h3-8H,9H2,1-2H3,(H,15,18). The van der Waals surface area contributed by atoms with Crippen LogP contribution in [0.5, 0.6) is 0 Å². The van der Waals surface area contributed by atoms with Crippen LogP contribution in [0, 0.1) is 17.0 Å². The van der Waals surface area contributed by atoms with E-state index in [1.54, 1.807) is 18.4 Å². The maximum absolute atomic E-state index is 12.3. The molecule has 2 aromatic rings. The lowest BCUT2D eigenvalue weighted by Crippen LogP contribution is -2.34. The highest BCUT2D eigenvalue weighted by Gasteiger charge is 2.24. The number of likely N-dealkylation sites (N-methyl/N-ethyl adjacent to an activating group) is 1. The first-order valence-electron chi connectivity index (χ1n) is 6.76. The number of non-ortho nitro benzene ring substituents is 1. The van der Waals surface area contributed by atoms with Gasteiger partial charge in [0.1, 0.15) is 4.21 Å². The third kappa shape index (κ3) is 3.96. The van der Waals surface area contributed by atoms with Gasteiger partial charge in [-0.05, 0) is 23.9 Å². The Morgan fingerprint density at radius 3 is 2.67 bits per heavy atom. The molecule has 24 heavy (non-hydrogen) atoms. The largest absolute Gasteiger partial charge is 0.324 e. The molecule has 8 nitrogen and oxygen atoms in total. The van der Waals surface area contributed by atoms with Crippen molar-refractivity contribution >= 4 is 38.6 Å². The molecule has 0 aliphatic carbocycles. The van der Waals surface area contributed by atoms with Crippen LogP contribution in [0.25, 0.3) is 0 Å². The van der Waals surface area contributed by atoms with Crippen molar-refractivity contribution in [3.8, 4) is 0 Å². The highest BCUT2D eigenvalue weighted by Crippen LogP contribution is 2.22. The van der Waals surface area contributed by atoms with Gasteiger partial charge in [0.05, 0.1) is 17.2 Å². The molecule has 2 rings (SSSR count). The Balaban J connectivity index is 2.11. The Morgan fingerprint density at radius 2 is 2.08 bits per heavy atom. The van der Waals surface area contributed by atoms with Crippen LogP contribution in [-0.2, 0) is 14.8 Å². The molecule has 0 aliphatic heterocycles. The molecule has 0 atom stereocenters. The zero-order chi connectivity index (χ0) is 17.9. The Bertz CT molecular complexity index is 863. The number of carbonyl (C=O) groups is 1. The zero-order valence-electron chi connectivity index (χ0n) is 12.9. The number of carbonyl (C=O) groups excluding carboxylic acids is 1. The summed E-state index contributed by atoms with van der Waals surface area (Å²) in [7, 11) is -2.43. The molecule has 1 N–H and O–H groups in total. The minimum atomic E-state index is -3.73. The number of nitro groups is 1. The van der Waals surface area contributed by atoms with E-state index >= 15 is 0 Å². The van der Waals surface area contributed by atoms with Crippen molar-refractivity contribution in [3.63, 3.8) is 0 Å². The fourth-order valence-corrected chi connectivity index (χ4v) is 4.23. The van der Waals surface area contributed by atoms with E-state index in [9.17, 15) is 23.3 Å². The molecular weight excluding hydrogens is 354 g/mol. The van der Waals surface area contributed by atoms with Gasteiger partial charge in [0.25, 0.3) is 15.7 Å². The highest BCUT2D eigenvalue weighted by atomic mass is 32.2. The molecule has 0 saturated carbocycles. The van der Waals surface area contributed by atoms with Gasteiger partial charge in [-0.15, -0.1) is 11.3 Å². The smallest absolute Gasteiger partial charge is 0.271 e. The monoisotopic (exact) mass is 369 g/mol. The molecule has 128 valence electrons. The number of aryl methyl sites for hydroxylation is 1. The first-order chi connectivity index (χ1) is 11.2. The Hall–Kier alpha value is -2.30. The lowest BCUT2D eigenvalue weighted by Gasteiger charge is -2.16. The number of nitrogens with zero attached hydrogens (tertiary/aromatic N) is 2. The summed E-state index contributed by atoms with van der Waals surface area (Å²) in [5.74, 6) is -0.582. The summed E-state index contributed by atoms with van der Waals surface area (Å²) in [6.07, 6.45) is 0. The molecule has 0 fully saturated rings. The zero-order valence-corrected chi connectivity index (χ0v) is 14.6. The number of hydrogen-bond acceptors (Lipinski definition) is 6. The topological polar surface area (TPSA) is 110 Å². The first-order valence-corrected chi connectivity index (χ1v) is 9.08. The maximum Gasteiger partial charge on any atom is 0.271 e. The van der Waals surface area contributed by atoms with Crippen molar-refractivity contribution in [1.82, 2.24) is 4.31 Å². The number of amides is 1. The van der Waals surface area contributed by atoms with Gasteiger partial charge in [-0.25, -0.2) is 8.42 Å². The highest BCUT2D eigenvalue weighted by molar-refractivity contribution is 7.91. The summed E-state index contributed by atoms with van der Waals surface area (Å²) in [6, 6.07) is 7.15. The van der Waals surface area contributed by atoms with Gasteiger partial charge in [-0.2, -0.15) is 4.31 Å². The van der Waals surface area contributed by atoms with Crippen LogP contribution in [0.3, 0.4) is 0 Å². The SMILES string of the molecule is Cc1ccc([N+](=O)[O-])cc1NC(=O)CN(C)S(=O)(=O)c1cccs1. The number of thiophene rings is 1. The average Bonchev–Trinajstić information content (AvgIpc) is 3.04. The molecule has 1 heterocycles. The molecule has 1 aromatic heterocycles. The molecule has 0 saturated heterocycles. The van der Waals surface area contributed by atoms with Crippen LogP contribution in [0.4, 0.5) is 11.4 Å². The fourth-order valence-electron chi connectivity index (χ4n) is 1.90. The minimum absolute atomic E-state index is 0.143. The van der Waals surface area contributed by atoms with Gasteiger partial charge in [0, 0.05) is 19.2 Å². The summed E-state index contributed by atoms with van der Waals surface area (Å²) in [6.45, 7) is 1.29. The molecule has 0 radical (unpaired) electrons. The van der Waals surface area contributed by atoms with Crippen molar-refractivity contribution in [1.29, 1.82) is 0 Å². The number of anilines is 1. The van der Waals surface area contributed by atoms with Gasteiger partial charge < -0.3 is 5.32 Å². The van der Waals surface area contributed by atoms with Crippen LogP contribution >= 0.6 is 11.3 Å². The van der Waals surface area contributed by atoms with E-state index in [-0.39, 0.29) is 15.6 Å². The lowest BCUT2D eigenvalue weighted by molar-refractivity contribution is -0.384. The molecule has 1 amide bonds. The predicted molar refractivity (Wildman–Crippen MR) is 90.6 cm³/mol.